The number of carbonyl (C=O) groups excluding carboxylic acids is 3. The minimum absolute atomic E-state index is 0.0636. The standard InChI is InChI=1S/C18H22FN3O3/c1-10(2)18(25)22-7-3-4-15(22)17(24)21-14-8-11-5-6-16(23)20-13(11)9-12(14)19/h8-10,15H,3-7H2,1-2H3,(H,20,23)(H,21,24). The van der Waals surface area contributed by atoms with Crippen molar-refractivity contribution < 1.29 is 18.8 Å². The number of likely N-dealkylation sites (tertiary alicyclic amines) is 1. The van der Waals surface area contributed by atoms with E-state index in [0.29, 0.717) is 31.5 Å². The average molecular weight is 347 g/mol. The minimum Gasteiger partial charge on any atom is -0.330 e. The number of nitrogens with zero attached hydrogens (tertiary/aromatic N) is 1. The van der Waals surface area contributed by atoms with E-state index in [1.807, 2.05) is 0 Å². The van der Waals surface area contributed by atoms with Crippen LogP contribution < -0.4 is 10.6 Å². The normalized spacial score (nSPS) is 19.6. The summed E-state index contributed by atoms with van der Waals surface area (Å²) in [5, 5.41) is 5.24. The summed E-state index contributed by atoms with van der Waals surface area (Å²) >= 11 is 0. The van der Waals surface area contributed by atoms with Crippen molar-refractivity contribution in [2.45, 2.75) is 45.6 Å². The third-order valence-electron chi connectivity index (χ3n) is 4.68. The van der Waals surface area contributed by atoms with Gasteiger partial charge in [-0.15, -0.1) is 0 Å². The summed E-state index contributed by atoms with van der Waals surface area (Å²) in [6.45, 7) is 4.15. The number of benzene rings is 1. The second-order valence-corrected chi connectivity index (χ2v) is 6.87. The van der Waals surface area contributed by atoms with Crippen molar-refractivity contribution in [1.82, 2.24) is 4.90 Å². The Morgan fingerprint density at radius 2 is 2.08 bits per heavy atom. The van der Waals surface area contributed by atoms with Gasteiger partial charge in [0.15, 0.2) is 0 Å². The highest BCUT2D eigenvalue weighted by Crippen LogP contribution is 2.29. The van der Waals surface area contributed by atoms with E-state index in [2.05, 4.69) is 10.6 Å². The van der Waals surface area contributed by atoms with Crippen molar-refractivity contribution in [2.24, 2.45) is 5.92 Å². The summed E-state index contributed by atoms with van der Waals surface area (Å²) in [6.07, 6.45) is 2.18. The number of amides is 3. The summed E-state index contributed by atoms with van der Waals surface area (Å²) in [6, 6.07) is 2.23. The number of fused-ring (bicyclic) bond motifs is 1. The zero-order valence-electron chi connectivity index (χ0n) is 14.4. The fourth-order valence-electron chi connectivity index (χ4n) is 3.35. The van der Waals surface area contributed by atoms with Crippen LogP contribution in [0.5, 0.6) is 0 Å². The summed E-state index contributed by atoms with van der Waals surface area (Å²) in [4.78, 5) is 37.8. The molecule has 0 aliphatic carbocycles. The van der Waals surface area contributed by atoms with Crippen LogP contribution in [0.3, 0.4) is 0 Å². The summed E-state index contributed by atoms with van der Waals surface area (Å²) in [7, 11) is 0. The van der Waals surface area contributed by atoms with Gasteiger partial charge in [-0.3, -0.25) is 14.4 Å². The molecule has 25 heavy (non-hydrogen) atoms. The number of anilines is 2. The van der Waals surface area contributed by atoms with Crippen molar-refractivity contribution in [3.8, 4) is 0 Å². The minimum atomic E-state index is -0.603. The van der Waals surface area contributed by atoms with Gasteiger partial charge in [0.1, 0.15) is 11.9 Å². The molecule has 6 nitrogen and oxygen atoms in total. The molecule has 1 unspecified atom stereocenters. The van der Waals surface area contributed by atoms with Crippen LogP contribution >= 0.6 is 0 Å². The molecule has 1 aromatic carbocycles. The number of halogens is 1. The van der Waals surface area contributed by atoms with Crippen LogP contribution in [0.1, 0.15) is 38.7 Å². The maximum absolute atomic E-state index is 14.3. The van der Waals surface area contributed by atoms with E-state index in [1.165, 1.54) is 6.07 Å². The second kappa shape index (κ2) is 6.82. The van der Waals surface area contributed by atoms with E-state index < -0.39 is 11.9 Å². The van der Waals surface area contributed by atoms with E-state index in [1.54, 1.807) is 24.8 Å². The van der Waals surface area contributed by atoms with Gasteiger partial charge in [-0.2, -0.15) is 0 Å². The Labute approximate surface area is 145 Å². The van der Waals surface area contributed by atoms with Crippen LogP contribution in [0.4, 0.5) is 15.8 Å². The molecule has 2 heterocycles. The zero-order valence-corrected chi connectivity index (χ0v) is 14.4. The smallest absolute Gasteiger partial charge is 0.247 e. The molecule has 2 aliphatic heterocycles. The Balaban J connectivity index is 1.77. The highest BCUT2D eigenvalue weighted by Gasteiger charge is 2.35. The van der Waals surface area contributed by atoms with Crippen molar-refractivity contribution in [3.63, 3.8) is 0 Å². The van der Waals surface area contributed by atoms with Gasteiger partial charge in [0.2, 0.25) is 17.7 Å². The summed E-state index contributed by atoms with van der Waals surface area (Å²) < 4.78 is 14.3. The van der Waals surface area contributed by atoms with Crippen molar-refractivity contribution in [2.75, 3.05) is 17.2 Å². The van der Waals surface area contributed by atoms with E-state index in [9.17, 15) is 18.8 Å². The molecule has 1 aromatic rings. The first-order valence-electron chi connectivity index (χ1n) is 8.60. The first kappa shape index (κ1) is 17.4. The highest BCUT2D eigenvalue weighted by molar-refractivity contribution is 5.99. The summed E-state index contributed by atoms with van der Waals surface area (Å²) in [5.74, 6) is -1.36. The van der Waals surface area contributed by atoms with Crippen LogP contribution in [0.2, 0.25) is 0 Å². The van der Waals surface area contributed by atoms with E-state index in [-0.39, 0.29) is 29.3 Å². The van der Waals surface area contributed by atoms with Crippen molar-refractivity contribution in [3.05, 3.63) is 23.5 Å². The SMILES string of the molecule is CC(C)C(=O)N1CCCC1C(=O)Nc1cc2c(cc1F)NC(=O)CC2. The molecule has 2 aliphatic rings. The Morgan fingerprint density at radius 1 is 1.32 bits per heavy atom. The largest absolute Gasteiger partial charge is 0.330 e. The maximum atomic E-state index is 14.3. The fraction of sp³-hybridized carbons (Fsp3) is 0.500. The summed E-state index contributed by atoms with van der Waals surface area (Å²) in [5.41, 5.74) is 1.32. The van der Waals surface area contributed by atoms with Crippen molar-refractivity contribution >= 4 is 29.1 Å². The topological polar surface area (TPSA) is 78.5 Å². The first-order chi connectivity index (χ1) is 11.9. The predicted octanol–water partition coefficient (Wildman–Crippen LogP) is 2.30. The molecule has 1 saturated heterocycles. The molecular weight excluding hydrogens is 325 g/mol. The van der Waals surface area contributed by atoms with Crippen molar-refractivity contribution in [1.29, 1.82) is 0 Å². The molecule has 1 fully saturated rings. The van der Waals surface area contributed by atoms with Crippen LogP contribution in [0.15, 0.2) is 12.1 Å². The highest BCUT2D eigenvalue weighted by atomic mass is 19.1. The van der Waals surface area contributed by atoms with Gasteiger partial charge >= 0.3 is 0 Å². The maximum Gasteiger partial charge on any atom is 0.247 e. The second-order valence-electron chi connectivity index (χ2n) is 6.87. The Hall–Kier alpha value is -2.44. The van der Waals surface area contributed by atoms with Crippen LogP contribution in [0, 0.1) is 11.7 Å². The van der Waals surface area contributed by atoms with E-state index >= 15 is 0 Å². The van der Waals surface area contributed by atoms with Crippen LogP contribution in [-0.4, -0.2) is 35.2 Å². The third-order valence-corrected chi connectivity index (χ3v) is 4.68. The number of carbonyl (C=O) groups is 3. The van der Waals surface area contributed by atoms with Gasteiger partial charge in [0.25, 0.3) is 0 Å². The zero-order chi connectivity index (χ0) is 18.1. The Kier molecular flexibility index (Phi) is 4.74. The Bertz CT molecular complexity index is 733. The predicted molar refractivity (Wildman–Crippen MR) is 91.6 cm³/mol. The quantitative estimate of drug-likeness (QED) is 0.881. The molecule has 3 rings (SSSR count). The van der Waals surface area contributed by atoms with Gasteiger partial charge in [-0.05, 0) is 37.0 Å². The molecule has 0 spiro atoms. The van der Waals surface area contributed by atoms with E-state index in [4.69, 9.17) is 0 Å². The molecular formula is C18H22FN3O3. The van der Waals surface area contributed by atoms with Gasteiger partial charge in [0.05, 0.1) is 5.69 Å². The lowest BCUT2D eigenvalue weighted by Gasteiger charge is -2.26. The molecule has 0 saturated carbocycles. The lowest BCUT2D eigenvalue weighted by atomic mass is 10.0. The first-order valence-corrected chi connectivity index (χ1v) is 8.60. The third kappa shape index (κ3) is 3.50. The lowest BCUT2D eigenvalue weighted by Crippen LogP contribution is -2.44. The van der Waals surface area contributed by atoms with Gasteiger partial charge in [0, 0.05) is 24.6 Å². The molecule has 7 heteroatoms. The molecule has 134 valence electrons. The van der Waals surface area contributed by atoms with Crippen LogP contribution in [0.25, 0.3) is 0 Å². The van der Waals surface area contributed by atoms with Gasteiger partial charge < -0.3 is 15.5 Å². The molecule has 0 bridgehead atoms. The molecule has 0 radical (unpaired) electrons. The van der Waals surface area contributed by atoms with Crippen LogP contribution in [-0.2, 0) is 20.8 Å². The fourth-order valence-corrected chi connectivity index (χ4v) is 3.35. The average Bonchev–Trinajstić information content (AvgIpc) is 3.04. The number of nitrogens with one attached hydrogen (secondary N) is 2. The molecule has 0 aromatic heterocycles. The van der Waals surface area contributed by atoms with Gasteiger partial charge in [-0.1, -0.05) is 13.8 Å². The van der Waals surface area contributed by atoms with E-state index in [0.717, 1.165) is 12.0 Å². The number of hydrogen-bond acceptors (Lipinski definition) is 3. The molecule has 1 atom stereocenters. The molecule has 3 amide bonds. The number of hydrogen-bond donors (Lipinski definition) is 2. The lowest BCUT2D eigenvalue weighted by molar-refractivity contribution is -0.139. The van der Waals surface area contributed by atoms with Gasteiger partial charge in [-0.25, -0.2) is 4.39 Å². The Morgan fingerprint density at radius 3 is 2.80 bits per heavy atom. The monoisotopic (exact) mass is 347 g/mol. The number of rotatable bonds is 3. The molecule has 2 N–H and O–H groups in total. The number of aryl methyl sites for hydroxylation is 1.